The first-order valence-corrected chi connectivity index (χ1v) is 5.95. The fraction of sp³-hybridized carbons (Fsp3) is 0.500. The van der Waals surface area contributed by atoms with Gasteiger partial charge in [-0.25, -0.2) is 0 Å². The van der Waals surface area contributed by atoms with Crippen LogP contribution in [-0.4, -0.2) is 23.8 Å². The van der Waals surface area contributed by atoms with E-state index >= 15 is 0 Å². The van der Waals surface area contributed by atoms with Gasteiger partial charge < -0.3 is 15.6 Å². The average molecular weight is 251 g/mol. The summed E-state index contributed by atoms with van der Waals surface area (Å²) in [6, 6.07) is 7.24. The highest BCUT2D eigenvalue weighted by Gasteiger charge is 2.18. The molecule has 1 atom stereocenters. The first kappa shape index (κ1) is 14.7. The summed E-state index contributed by atoms with van der Waals surface area (Å²) < 4.78 is 5.38. The van der Waals surface area contributed by atoms with Crippen molar-refractivity contribution in [3.05, 3.63) is 35.4 Å². The molecule has 0 aliphatic heterocycles. The molecule has 0 amide bonds. The second-order valence-electron chi connectivity index (χ2n) is 5.09. The summed E-state index contributed by atoms with van der Waals surface area (Å²) in [5, 5.41) is 8.74. The van der Waals surface area contributed by atoms with Crippen LogP contribution in [0.2, 0.25) is 0 Å². The number of carboxylic acid groups (broad SMARTS) is 1. The van der Waals surface area contributed by atoms with E-state index in [-0.39, 0.29) is 12.0 Å². The fourth-order valence-corrected chi connectivity index (χ4v) is 1.80. The van der Waals surface area contributed by atoms with Gasteiger partial charge in [-0.05, 0) is 25.0 Å². The number of carboxylic acids is 1. The molecule has 0 bridgehead atoms. The molecule has 100 valence electrons. The first-order valence-electron chi connectivity index (χ1n) is 5.95. The molecule has 0 aromatic heterocycles. The lowest BCUT2D eigenvalue weighted by Crippen LogP contribution is -2.25. The Morgan fingerprint density at radius 3 is 2.72 bits per heavy atom. The van der Waals surface area contributed by atoms with Crippen LogP contribution in [0.1, 0.15) is 37.4 Å². The smallest absolute Gasteiger partial charge is 0.305 e. The molecule has 0 saturated carbocycles. The predicted octanol–water partition coefficient (Wildman–Crippen LogP) is 2.13. The number of rotatable bonds is 6. The van der Waals surface area contributed by atoms with E-state index in [9.17, 15) is 4.79 Å². The third-order valence-electron chi connectivity index (χ3n) is 2.96. The topological polar surface area (TPSA) is 72.5 Å². The maximum Gasteiger partial charge on any atom is 0.305 e. The molecule has 0 saturated heterocycles. The maximum atomic E-state index is 10.6. The zero-order chi connectivity index (χ0) is 13.8. The van der Waals surface area contributed by atoms with Crippen LogP contribution in [0.4, 0.5) is 0 Å². The number of hydrogen-bond donors (Lipinski definition) is 2. The highest BCUT2D eigenvalue weighted by molar-refractivity contribution is 5.67. The number of carbonyl (C=O) groups is 1. The van der Waals surface area contributed by atoms with E-state index in [1.54, 1.807) is 7.11 Å². The predicted molar refractivity (Wildman–Crippen MR) is 70.4 cm³/mol. The van der Waals surface area contributed by atoms with Crippen molar-refractivity contribution in [1.82, 2.24) is 0 Å². The standard InChI is InChI=1S/C14H21NO3/c1-14(2,18-3)9-10-5-4-6-11(7-10)12(15)8-13(16)17/h4-7,12H,8-9,15H2,1-3H3,(H,16,17). The monoisotopic (exact) mass is 251 g/mol. The summed E-state index contributed by atoms with van der Waals surface area (Å²) in [6.07, 6.45) is 0.703. The van der Waals surface area contributed by atoms with Crippen molar-refractivity contribution < 1.29 is 14.6 Å². The summed E-state index contributed by atoms with van der Waals surface area (Å²) in [5.41, 5.74) is 7.55. The number of nitrogens with two attached hydrogens (primary N) is 1. The summed E-state index contributed by atoms with van der Waals surface area (Å²) in [7, 11) is 1.68. The molecule has 0 heterocycles. The molecule has 1 aromatic carbocycles. The van der Waals surface area contributed by atoms with Crippen molar-refractivity contribution in [1.29, 1.82) is 0 Å². The molecular formula is C14H21NO3. The Bertz CT molecular complexity index is 415. The molecule has 4 heteroatoms. The lowest BCUT2D eigenvalue weighted by Gasteiger charge is -2.23. The normalized spacial score (nSPS) is 13.3. The van der Waals surface area contributed by atoms with E-state index in [2.05, 4.69) is 0 Å². The molecular weight excluding hydrogens is 230 g/mol. The molecule has 18 heavy (non-hydrogen) atoms. The van der Waals surface area contributed by atoms with Gasteiger partial charge in [0.2, 0.25) is 0 Å². The first-order chi connectivity index (χ1) is 8.34. The molecule has 0 radical (unpaired) electrons. The minimum atomic E-state index is -0.884. The Kier molecular flexibility index (Phi) is 4.87. The number of benzene rings is 1. The molecule has 4 nitrogen and oxygen atoms in total. The number of methoxy groups -OCH3 is 1. The van der Waals surface area contributed by atoms with Crippen LogP contribution in [0.25, 0.3) is 0 Å². The molecule has 1 rings (SSSR count). The van der Waals surface area contributed by atoms with Gasteiger partial charge in [0.1, 0.15) is 0 Å². The largest absolute Gasteiger partial charge is 0.481 e. The Morgan fingerprint density at radius 2 is 2.17 bits per heavy atom. The van der Waals surface area contributed by atoms with Gasteiger partial charge >= 0.3 is 5.97 Å². The van der Waals surface area contributed by atoms with Gasteiger partial charge in [0.25, 0.3) is 0 Å². The van der Waals surface area contributed by atoms with Crippen LogP contribution in [0.15, 0.2) is 24.3 Å². The fourth-order valence-electron chi connectivity index (χ4n) is 1.80. The van der Waals surface area contributed by atoms with Crippen LogP contribution >= 0.6 is 0 Å². The summed E-state index contributed by atoms with van der Waals surface area (Å²) >= 11 is 0. The van der Waals surface area contributed by atoms with Crippen molar-refractivity contribution in [2.24, 2.45) is 5.73 Å². The average Bonchev–Trinajstić information content (AvgIpc) is 2.28. The van der Waals surface area contributed by atoms with Crippen molar-refractivity contribution in [2.45, 2.75) is 38.3 Å². The van der Waals surface area contributed by atoms with Crippen molar-refractivity contribution in [3.63, 3.8) is 0 Å². The van der Waals surface area contributed by atoms with Gasteiger partial charge in [0.05, 0.1) is 12.0 Å². The number of hydrogen-bond acceptors (Lipinski definition) is 3. The van der Waals surface area contributed by atoms with Crippen molar-refractivity contribution in [3.8, 4) is 0 Å². The van der Waals surface area contributed by atoms with Gasteiger partial charge in [-0.2, -0.15) is 0 Å². The van der Waals surface area contributed by atoms with Crippen LogP contribution < -0.4 is 5.73 Å². The summed E-state index contributed by atoms with van der Waals surface area (Å²) in [4.78, 5) is 10.6. The van der Waals surface area contributed by atoms with Gasteiger partial charge in [-0.1, -0.05) is 24.3 Å². The molecule has 1 unspecified atom stereocenters. The van der Waals surface area contributed by atoms with E-state index < -0.39 is 12.0 Å². The maximum absolute atomic E-state index is 10.6. The SMILES string of the molecule is COC(C)(C)Cc1cccc(C(N)CC(=O)O)c1. The van der Waals surface area contributed by atoms with E-state index in [0.717, 1.165) is 17.5 Å². The molecule has 0 spiro atoms. The molecule has 3 N–H and O–H groups in total. The van der Waals surface area contributed by atoms with Gasteiger partial charge in [-0.15, -0.1) is 0 Å². The summed E-state index contributed by atoms with van der Waals surface area (Å²) in [5.74, 6) is -0.884. The Morgan fingerprint density at radius 1 is 1.50 bits per heavy atom. The highest BCUT2D eigenvalue weighted by atomic mass is 16.5. The van der Waals surface area contributed by atoms with E-state index in [1.165, 1.54) is 0 Å². The Hall–Kier alpha value is -1.39. The van der Waals surface area contributed by atoms with E-state index in [0.29, 0.717) is 0 Å². The second kappa shape index (κ2) is 5.98. The minimum Gasteiger partial charge on any atom is -0.481 e. The van der Waals surface area contributed by atoms with Crippen LogP contribution in [0.3, 0.4) is 0 Å². The van der Waals surface area contributed by atoms with Crippen LogP contribution in [-0.2, 0) is 16.0 Å². The lowest BCUT2D eigenvalue weighted by atomic mass is 9.95. The minimum absolute atomic E-state index is 0.0584. The van der Waals surface area contributed by atoms with Gasteiger partial charge in [0, 0.05) is 19.6 Å². The number of ether oxygens (including phenoxy) is 1. The molecule has 0 aliphatic carbocycles. The van der Waals surface area contributed by atoms with Gasteiger partial charge in [-0.3, -0.25) is 4.79 Å². The second-order valence-corrected chi connectivity index (χ2v) is 5.09. The number of aliphatic carboxylic acids is 1. The summed E-state index contributed by atoms with van der Waals surface area (Å²) in [6.45, 7) is 4.02. The van der Waals surface area contributed by atoms with Crippen LogP contribution in [0.5, 0.6) is 0 Å². The third-order valence-corrected chi connectivity index (χ3v) is 2.96. The third kappa shape index (κ3) is 4.47. The Labute approximate surface area is 108 Å². The highest BCUT2D eigenvalue weighted by Crippen LogP contribution is 2.20. The van der Waals surface area contributed by atoms with Crippen LogP contribution in [0, 0.1) is 0 Å². The van der Waals surface area contributed by atoms with Crippen molar-refractivity contribution in [2.75, 3.05) is 7.11 Å². The van der Waals surface area contributed by atoms with Gasteiger partial charge in [0.15, 0.2) is 0 Å². The van der Waals surface area contributed by atoms with E-state index in [4.69, 9.17) is 15.6 Å². The van der Waals surface area contributed by atoms with E-state index in [1.807, 2.05) is 38.1 Å². The lowest BCUT2D eigenvalue weighted by molar-refractivity contribution is -0.137. The molecule has 1 aromatic rings. The zero-order valence-electron chi connectivity index (χ0n) is 11.1. The Balaban J connectivity index is 2.82. The molecule has 0 aliphatic rings. The zero-order valence-corrected chi connectivity index (χ0v) is 11.1. The van der Waals surface area contributed by atoms with Crippen molar-refractivity contribution >= 4 is 5.97 Å². The quantitative estimate of drug-likeness (QED) is 0.812. The molecule has 0 fully saturated rings.